The van der Waals surface area contributed by atoms with Gasteiger partial charge in [-0.2, -0.15) is 0 Å². The molecule has 1 saturated heterocycles. The molecule has 0 bridgehead atoms. The number of ether oxygens (including phenoxy) is 1. The summed E-state index contributed by atoms with van der Waals surface area (Å²) >= 11 is 6.11. The Morgan fingerprint density at radius 2 is 1.59 bits per heavy atom. The SMILES string of the molecule is O=C(c1ccccc1COc1ccccc1)N1CCN(c2cccc(Cl)c2)CC1. The van der Waals surface area contributed by atoms with E-state index >= 15 is 0 Å². The molecule has 3 aromatic carbocycles. The molecule has 0 atom stereocenters. The third kappa shape index (κ3) is 4.72. The fraction of sp³-hybridized carbons (Fsp3) is 0.208. The van der Waals surface area contributed by atoms with E-state index in [1.54, 1.807) is 0 Å². The Kier molecular flexibility index (Phi) is 6.01. The van der Waals surface area contributed by atoms with Crippen LogP contribution < -0.4 is 9.64 Å². The first kappa shape index (κ1) is 19.3. The van der Waals surface area contributed by atoms with Crippen molar-refractivity contribution in [2.24, 2.45) is 0 Å². The summed E-state index contributed by atoms with van der Waals surface area (Å²) in [5.74, 6) is 0.855. The highest BCUT2D eigenvalue weighted by atomic mass is 35.5. The number of hydrogen-bond acceptors (Lipinski definition) is 3. The third-order valence-corrected chi connectivity index (χ3v) is 5.36. The van der Waals surface area contributed by atoms with Crippen molar-refractivity contribution >= 4 is 23.2 Å². The number of piperazine rings is 1. The maximum atomic E-state index is 13.2. The molecule has 1 aliphatic rings. The molecule has 0 radical (unpaired) electrons. The maximum absolute atomic E-state index is 13.2. The molecule has 4 nitrogen and oxygen atoms in total. The lowest BCUT2D eigenvalue weighted by Gasteiger charge is -2.36. The van der Waals surface area contributed by atoms with E-state index < -0.39 is 0 Å². The highest BCUT2D eigenvalue weighted by Gasteiger charge is 2.24. The lowest BCUT2D eigenvalue weighted by Crippen LogP contribution is -2.49. The molecular weight excluding hydrogens is 384 g/mol. The van der Waals surface area contributed by atoms with E-state index in [0.717, 1.165) is 35.1 Å². The van der Waals surface area contributed by atoms with Crippen LogP contribution in [0.15, 0.2) is 78.9 Å². The molecule has 1 fully saturated rings. The zero-order chi connectivity index (χ0) is 20.1. The number of rotatable bonds is 5. The van der Waals surface area contributed by atoms with E-state index in [2.05, 4.69) is 11.0 Å². The molecule has 0 aromatic heterocycles. The highest BCUT2D eigenvalue weighted by molar-refractivity contribution is 6.30. The Bertz CT molecular complexity index is 969. The smallest absolute Gasteiger partial charge is 0.254 e. The molecule has 0 spiro atoms. The number of anilines is 1. The van der Waals surface area contributed by atoms with Crippen LogP contribution in [0.2, 0.25) is 5.02 Å². The molecule has 0 saturated carbocycles. The van der Waals surface area contributed by atoms with Crippen LogP contribution in [0.25, 0.3) is 0 Å². The summed E-state index contributed by atoms with van der Waals surface area (Å²) in [7, 11) is 0. The molecule has 1 aliphatic heterocycles. The van der Waals surface area contributed by atoms with E-state index in [4.69, 9.17) is 16.3 Å². The van der Waals surface area contributed by atoms with Gasteiger partial charge in [-0.3, -0.25) is 4.79 Å². The van der Waals surface area contributed by atoms with Gasteiger partial charge in [0.2, 0.25) is 0 Å². The van der Waals surface area contributed by atoms with Gasteiger partial charge >= 0.3 is 0 Å². The van der Waals surface area contributed by atoms with Crippen molar-refractivity contribution in [2.75, 3.05) is 31.1 Å². The minimum Gasteiger partial charge on any atom is -0.489 e. The molecule has 1 heterocycles. The predicted molar refractivity (Wildman–Crippen MR) is 117 cm³/mol. The molecule has 4 rings (SSSR count). The van der Waals surface area contributed by atoms with Crippen LogP contribution in [-0.4, -0.2) is 37.0 Å². The first-order chi connectivity index (χ1) is 14.2. The van der Waals surface area contributed by atoms with Crippen molar-refractivity contribution < 1.29 is 9.53 Å². The summed E-state index contributed by atoms with van der Waals surface area (Å²) in [6, 6.07) is 25.2. The van der Waals surface area contributed by atoms with Crippen LogP contribution >= 0.6 is 11.6 Å². The number of carbonyl (C=O) groups excluding carboxylic acids is 1. The van der Waals surface area contributed by atoms with Crippen molar-refractivity contribution in [2.45, 2.75) is 6.61 Å². The number of halogens is 1. The topological polar surface area (TPSA) is 32.8 Å². The number of benzene rings is 3. The molecule has 29 heavy (non-hydrogen) atoms. The second-order valence-electron chi connectivity index (χ2n) is 7.02. The van der Waals surface area contributed by atoms with Crippen LogP contribution in [-0.2, 0) is 6.61 Å². The third-order valence-electron chi connectivity index (χ3n) is 5.13. The number of amides is 1. The molecular formula is C24H23ClN2O2. The second-order valence-corrected chi connectivity index (χ2v) is 7.45. The monoisotopic (exact) mass is 406 g/mol. The van der Waals surface area contributed by atoms with Crippen molar-refractivity contribution in [1.29, 1.82) is 0 Å². The Hall–Kier alpha value is -2.98. The fourth-order valence-corrected chi connectivity index (χ4v) is 3.73. The van der Waals surface area contributed by atoms with E-state index in [-0.39, 0.29) is 5.91 Å². The van der Waals surface area contributed by atoms with Gasteiger partial charge in [0, 0.05) is 48.0 Å². The Morgan fingerprint density at radius 3 is 2.34 bits per heavy atom. The average molecular weight is 407 g/mol. The quantitative estimate of drug-likeness (QED) is 0.605. The van der Waals surface area contributed by atoms with E-state index in [1.165, 1.54) is 0 Å². The summed E-state index contributed by atoms with van der Waals surface area (Å²) in [4.78, 5) is 17.3. The Morgan fingerprint density at radius 1 is 0.862 bits per heavy atom. The van der Waals surface area contributed by atoms with Gasteiger partial charge in [0.25, 0.3) is 5.91 Å². The maximum Gasteiger partial charge on any atom is 0.254 e. The van der Waals surface area contributed by atoms with Crippen LogP contribution in [0.5, 0.6) is 5.75 Å². The van der Waals surface area contributed by atoms with Crippen LogP contribution in [0.3, 0.4) is 0 Å². The van der Waals surface area contributed by atoms with Crippen molar-refractivity contribution in [1.82, 2.24) is 4.90 Å². The van der Waals surface area contributed by atoms with Gasteiger partial charge in [0.15, 0.2) is 0 Å². The van der Waals surface area contributed by atoms with E-state index in [9.17, 15) is 4.79 Å². The highest BCUT2D eigenvalue weighted by Crippen LogP contribution is 2.22. The molecule has 1 amide bonds. The summed E-state index contributed by atoms with van der Waals surface area (Å²) in [5.41, 5.74) is 2.71. The standard InChI is InChI=1S/C24H23ClN2O2/c25-20-8-6-9-21(17-20)26-13-15-27(16-14-26)24(28)23-12-5-4-7-19(23)18-29-22-10-2-1-3-11-22/h1-12,17H,13-16,18H2. The van der Waals surface area contributed by atoms with Crippen molar-refractivity contribution in [3.05, 3.63) is 95.0 Å². The summed E-state index contributed by atoms with van der Waals surface area (Å²) in [5, 5.41) is 0.730. The van der Waals surface area contributed by atoms with Crippen molar-refractivity contribution in [3.8, 4) is 5.75 Å². The normalized spacial score (nSPS) is 14.0. The second kappa shape index (κ2) is 9.01. The minimum atomic E-state index is 0.0583. The average Bonchev–Trinajstić information content (AvgIpc) is 2.78. The van der Waals surface area contributed by atoms with Gasteiger partial charge in [-0.1, -0.05) is 54.1 Å². The van der Waals surface area contributed by atoms with Gasteiger partial charge in [-0.25, -0.2) is 0 Å². The predicted octanol–water partition coefficient (Wildman–Crippen LogP) is 4.88. The van der Waals surface area contributed by atoms with Gasteiger partial charge in [0.05, 0.1) is 0 Å². The first-order valence-electron chi connectivity index (χ1n) is 9.76. The zero-order valence-electron chi connectivity index (χ0n) is 16.1. The molecule has 3 aromatic rings. The molecule has 0 aliphatic carbocycles. The summed E-state index contributed by atoms with van der Waals surface area (Å²) in [6.07, 6.45) is 0. The summed E-state index contributed by atoms with van der Waals surface area (Å²) in [6.45, 7) is 3.30. The number of para-hydroxylation sites is 1. The van der Waals surface area contributed by atoms with E-state index in [1.807, 2.05) is 77.7 Å². The number of nitrogens with zero attached hydrogens (tertiary/aromatic N) is 2. The minimum absolute atomic E-state index is 0.0583. The van der Waals surface area contributed by atoms with E-state index in [0.29, 0.717) is 25.3 Å². The zero-order valence-corrected chi connectivity index (χ0v) is 16.9. The fourth-order valence-electron chi connectivity index (χ4n) is 3.54. The summed E-state index contributed by atoms with van der Waals surface area (Å²) < 4.78 is 5.86. The van der Waals surface area contributed by atoms with Gasteiger partial charge in [0.1, 0.15) is 12.4 Å². The molecule has 148 valence electrons. The lowest BCUT2D eigenvalue weighted by atomic mass is 10.1. The van der Waals surface area contributed by atoms with Gasteiger partial charge in [-0.15, -0.1) is 0 Å². The lowest BCUT2D eigenvalue weighted by molar-refractivity contribution is 0.0744. The number of carbonyl (C=O) groups is 1. The first-order valence-corrected chi connectivity index (χ1v) is 10.1. The Balaban J connectivity index is 1.41. The van der Waals surface area contributed by atoms with Crippen molar-refractivity contribution in [3.63, 3.8) is 0 Å². The molecule has 5 heteroatoms. The molecule has 0 N–H and O–H groups in total. The molecule has 0 unspecified atom stereocenters. The van der Waals surface area contributed by atoms with Crippen LogP contribution in [0.4, 0.5) is 5.69 Å². The van der Waals surface area contributed by atoms with Crippen LogP contribution in [0.1, 0.15) is 15.9 Å². The number of hydrogen-bond donors (Lipinski definition) is 0. The van der Waals surface area contributed by atoms with Gasteiger partial charge < -0.3 is 14.5 Å². The largest absolute Gasteiger partial charge is 0.489 e. The van der Waals surface area contributed by atoms with Gasteiger partial charge in [-0.05, 0) is 36.4 Å². The van der Waals surface area contributed by atoms with Crippen LogP contribution in [0, 0.1) is 0 Å². The Labute approximate surface area is 176 Å².